The van der Waals surface area contributed by atoms with Gasteiger partial charge < -0.3 is 45.2 Å². The summed E-state index contributed by atoms with van der Waals surface area (Å²) in [5.74, 6) is 1.88. The van der Waals surface area contributed by atoms with E-state index in [0.717, 1.165) is 38.0 Å². The van der Waals surface area contributed by atoms with Gasteiger partial charge in [0.2, 0.25) is 0 Å². The van der Waals surface area contributed by atoms with Gasteiger partial charge in [-0.25, -0.2) is 0 Å². The number of nitrogens with one attached hydrogen (secondary N) is 2. The fraction of sp³-hybridized carbons (Fsp3) is 1.00. The zero-order valence-corrected chi connectivity index (χ0v) is 17.1. The summed E-state index contributed by atoms with van der Waals surface area (Å²) in [6.07, 6.45) is 3.97. The minimum Gasteiger partial charge on any atom is -1.00 e. The average Bonchev–Trinajstić information content (AvgIpc) is 3.20. The molecule has 1 fully saturated rings. The molecule has 0 radical (unpaired) electrons. The van der Waals surface area contributed by atoms with Crippen molar-refractivity contribution in [3.05, 3.63) is 0 Å². The second-order valence-corrected chi connectivity index (χ2v) is 6.68. The topological polar surface area (TPSA) is 30.5 Å². The lowest BCUT2D eigenvalue weighted by Gasteiger charge is -2.19. The Labute approximate surface area is 159 Å². The third-order valence-electron chi connectivity index (χ3n) is 4.60. The Balaban J connectivity index is -0.000000551. The largest absolute Gasteiger partial charge is 1.00 e. The molecule has 1 rings (SSSR count). The van der Waals surface area contributed by atoms with Crippen LogP contribution in [0.15, 0.2) is 0 Å². The summed E-state index contributed by atoms with van der Waals surface area (Å²) in [5.41, 5.74) is 0. The zero-order chi connectivity index (χ0) is 15.5. The maximum absolute atomic E-state index is 3.61. The molecule has 0 heterocycles. The minimum absolute atomic E-state index is 0. The lowest BCUT2D eigenvalue weighted by molar-refractivity contribution is -0.00100. The van der Waals surface area contributed by atoms with Crippen LogP contribution in [-0.4, -0.2) is 76.3 Å². The van der Waals surface area contributed by atoms with Gasteiger partial charge in [0.15, 0.2) is 0 Å². The van der Waals surface area contributed by atoms with Gasteiger partial charge in [0, 0.05) is 6.54 Å². The maximum atomic E-state index is 3.61. The van der Waals surface area contributed by atoms with Gasteiger partial charge in [-0.2, -0.15) is 0 Å². The highest BCUT2D eigenvalue weighted by molar-refractivity contribution is 4.89. The summed E-state index contributed by atoms with van der Waals surface area (Å²) < 4.78 is 0. The second-order valence-electron chi connectivity index (χ2n) is 6.68. The monoisotopic (exact) mass is 370 g/mol. The molecule has 0 amide bonds. The summed E-state index contributed by atoms with van der Waals surface area (Å²) in [5, 5.41) is 6.98. The highest BCUT2D eigenvalue weighted by atomic mass is 35.5. The van der Waals surface area contributed by atoms with Crippen LogP contribution in [0.5, 0.6) is 0 Å². The summed E-state index contributed by atoms with van der Waals surface area (Å²) >= 11 is 0. The van der Waals surface area contributed by atoms with Crippen LogP contribution in [0.4, 0.5) is 0 Å². The van der Waals surface area contributed by atoms with Crippen LogP contribution in [0.3, 0.4) is 0 Å². The molecular weight excluding hydrogens is 331 g/mol. The lowest BCUT2D eigenvalue weighted by atomic mass is 10.2. The minimum atomic E-state index is 0. The molecular formula is C17H40Cl2N4. The summed E-state index contributed by atoms with van der Waals surface area (Å²) in [7, 11) is 4.49. The molecule has 0 bridgehead atoms. The van der Waals surface area contributed by atoms with Crippen LogP contribution in [0.25, 0.3) is 0 Å². The van der Waals surface area contributed by atoms with E-state index in [1.54, 1.807) is 0 Å². The molecule has 0 aromatic heterocycles. The van der Waals surface area contributed by atoms with E-state index in [1.165, 1.54) is 45.4 Å². The van der Waals surface area contributed by atoms with Crippen molar-refractivity contribution >= 4 is 0 Å². The molecule has 1 aliphatic rings. The van der Waals surface area contributed by atoms with E-state index >= 15 is 0 Å². The van der Waals surface area contributed by atoms with Crippen molar-refractivity contribution in [2.75, 3.05) is 66.5 Å². The van der Waals surface area contributed by atoms with Crippen LogP contribution < -0.4 is 35.4 Å². The Morgan fingerprint density at radius 1 is 0.913 bits per heavy atom. The number of hydrogen-bond donors (Lipinski definition) is 2. The second kappa shape index (κ2) is 15.9. The van der Waals surface area contributed by atoms with Gasteiger partial charge in [0.1, 0.15) is 0 Å². The Bertz CT molecular complexity index is 267. The summed E-state index contributed by atoms with van der Waals surface area (Å²) in [6, 6.07) is 0. The summed E-state index contributed by atoms with van der Waals surface area (Å²) in [4.78, 5) is 4.92. The van der Waals surface area contributed by atoms with E-state index in [0.29, 0.717) is 0 Å². The van der Waals surface area contributed by atoms with Crippen molar-refractivity contribution in [2.45, 2.75) is 33.1 Å². The van der Waals surface area contributed by atoms with Gasteiger partial charge >= 0.3 is 2.85 Å². The fourth-order valence-electron chi connectivity index (χ4n) is 2.85. The van der Waals surface area contributed by atoms with Gasteiger partial charge in [-0.05, 0) is 91.0 Å². The van der Waals surface area contributed by atoms with E-state index in [2.05, 4.69) is 48.4 Å². The SMILES string of the molecule is CCNCCCNCC1CC1CN(C)CCCN(C)CC.[Cl-].[Cl-].[H+].[H+]. The van der Waals surface area contributed by atoms with Gasteiger partial charge in [-0.1, -0.05) is 13.8 Å². The first-order chi connectivity index (χ1) is 10.2. The highest BCUT2D eigenvalue weighted by Crippen LogP contribution is 2.38. The number of hydrogen-bond acceptors (Lipinski definition) is 4. The average molecular weight is 371 g/mol. The highest BCUT2D eigenvalue weighted by Gasteiger charge is 2.36. The molecule has 2 unspecified atom stereocenters. The molecule has 1 aliphatic carbocycles. The standard InChI is InChI=1S/C17H38N4.2ClH/c1-5-18-9-7-10-19-14-16-13-17(16)15-21(4)12-8-11-20(3)6-2;;/h16-19H,5-15H2,1-4H3;2*1H. The Morgan fingerprint density at radius 3 is 2.22 bits per heavy atom. The molecule has 6 heteroatoms. The molecule has 0 saturated heterocycles. The van der Waals surface area contributed by atoms with Crippen LogP contribution in [0, 0.1) is 11.8 Å². The molecule has 2 N–H and O–H groups in total. The van der Waals surface area contributed by atoms with Crippen molar-refractivity contribution in [1.82, 2.24) is 20.4 Å². The first-order valence-electron chi connectivity index (χ1n) is 8.95. The molecule has 23 heavy (non-hydrogen) atoms. The Morgan fingerprint density at radius 2 is 1.57 bits per heavy atom. The van der Waals surface area contributed by atoms with Crippen LogP contribution >= 0.6 is 0 Å². The van der Waals surface area contributed by atoms with Crippen molar-refractivity contribution < 1.29 is 27.7 Å². The van der Waals surface area contributed by atoms with E-state index in [4.69, 9.17) is 0 Å². The van der Waals surface area contributed by atoms with Gasteiger partial charge in [-0.3, -0.25) is 0 Å². The molecule has 0 aromatic rings. The van der Waals surface area contributed by atoms with Crippen LogP contribution in [0.1, 0.15) is 36.0 Å². The number of halogens is 2. The van der Waals surface area contributed by atoms with Crippen LogP contribution in [-0.2, 0) is 0 Å². The first kappa shape index (κ1) is 25.7. The molecule has 0 spiro atoms. The smallest absolute Gasteiger partial charge is 1.00 e. The van der Waals surface area contributed by atoms with E-state index < -0.39 is 0 Å². The molecule has 0 aliphatic heterocycles. The number of nitrogens with zero attached hydrogens (tertiary/aromatic N) is 2. The Hall–Kier alpha value is 0.420. The third kappa shape index (κ3) is 13.4. The van der Waals surface area contributed by atoms with Crippen molar-refractivity contribution in [3.8, 4) is 0 Å². The van der Waals surface area contributed by atoms with E-state index in [9.17, 15) is 0 Å². The van der Waals surface area contributed by atoms with E-state index in [1.807, 2.05) is 0 Å². The van der Waals surface area contributed by atoms with Crippen LogP contribution in [0.2, 0.25) is 0 Å². The summed E-state index contributed by atoms with van der Waals surface area (Å²) in [6.45, 7) is 13.9. The molecule has 1 saturated carbocycles. The van der Waals surface area contributed by atoms with Crippen molar-refractivity contribution in [1.29, 1.82) is 0 Å². The van der Waals surface area contributed by atoms with E-state index in [-0.39, 0.29) is 27.7 Å². The molecule has 0 aromatic carbocycles. The zero-order valence-electron chi connectivity index (χ0n) is 17.6. The molecule has 2 atom stereocenters. The predicted molar refractivity (Wildman–Crippen MR) is 95.1 cm³/mol. The number of rotatable bonds is 14. The third-order valence-corrected chi connectivity index (χ3v) is 4.60. The Kier molecular flexibility index (Phi) is 17.8. The molecule has 4 nitrogen and oxygen atoms in total. The van der Waals surface area contributed by atoms with Gasteiger partial charge in [-0.15, -0.1) is 0 Å². The fourth-order valence-corrected chi connectivity index (χ4v) is 2.85. The predicted octanol–water partition coefficient (Wildman–Crippen LogP) is -4.28. The van der Waals surface area contributed by atoms with Crippen molar-refractivity contribution in [2.24, 2.45) is 11.8 Å². The lowest BCUT2D eigenvalue weighted by Crippen LogP contribution is -3.00. The van der Waals surface area contributed by atoms with Gasteiger partial charge in [0.05, 0.1) is 0 Å². The first-order valence-corrected chi connectivity index (χ1v) is 8.95. The van der Waals surface area contributed by atoms with Gasteiger partial charge in [0.25, 0.3) is 0 Å². The normalized spacial score (nSPS) is 19.6. The quantitative estimate of drug-likeness (QED) is 0.303. The maximum Gasteiger partial charge on any atom is 1.00 e. The van der Waals surface area contributed by atoms with Crippen molar-refractivity contribution in [3.63, 3.8) is 0 Å². The molecule has 142 valence electrons.